The van der Waals surface area contributed by atoms with E-state index < -0.39 is 35.3 Å². The van der Waals surface area contributed by atoms with Crippen molar-refractivity contribution in [2.45, 2.75) is 11.4 Å². The van der Waals surface area contributed by atoms with Crippen LogP contribution in [0, 0.1) is 0 Å². The van der Waals surface area contributed by atoms with Gasteiger partial charge in [0.15, 0.2) is 5.13 Å². The van der Waals surface area contributed by atoms with Crippen LogP contribution in [-0.4, -0.2) is 62.6 Å². The van der Waals surface area contributed by atoms with Crippen molar-refractivity contribution in [2.75, 3.05) is 18.1 Å². The third kappa shape index (κ3) is 4.19. The van der Waals surface area contributed by atoms with Crippen molar-refractivity contribution in [1.82, 2.24) is 15.2 Å². The van der Waals surface area contributed by atoms with Crippen LogP contribution in [0.1, 0.15) is 5.69 Å². The summed E-state index contributed by atoms with van der Waals surface area (Å²) in [7, 11) is 0. The molecule has 0 saturated carbocycles. The Morgan fingerprint density at radius 1 is 1.40 bits per heavy atom. The quantitative estimate of drug-likeness (QED) is 0.327. The van der Waals surface area contributed by atoms with E-state index in [-0.39, 0.29) is 44.5 Å². The van der Waals surface area contributed by atoms with E-state index in [1.54, 1.807) is 0 Å². The molecule has 2 atom stereocenters. The number of fused-ring (bicyclic) bond motifs is 1. The molecule has 2 aliphatic rings. The fourth-order valence-electron chi connectivity index (χ4n) is 2.87. The summed E-state index contributed by atoms with van der Waals surface area (Å²) in [6, 6.07) is -1.02. The Hall–Kier alpha value is -2.48. The van der Waals surface area contributed by atoms with Gasteiger partial charge in [-0.25, -0.2) is 14.6 Å². The Morgan fingerprint density at radius 3 is 2.63 bits per heavy atom. The highest BCUT2D eigenvalue weighted by molar-refractivity contribution is 8.00. The SMILES string of the molecule is NC(=O)OCC1=C(C(=O)O)N2C(=O)C(NC(=O)C(=C(Cl)Cl)c3csc(N)n3)[C@@H]2SC1. The maximum absolute atomic E-state index is 12.7. The second-order valence-electron chi connectivity index (χ2n) is 5.93. The van der Waals surface area contributed by atoms with Crippen LogP contribution in [0.25, 0.3) is 5.57 Å². The molecule has 3 amide bonds. The molecule has 0 aromatic carbocycles. The molecule has 11 nitrogen and oxygen atoms in total. The number of thiazole rings is 1. The minimum Gasteiger partial charge on any atom is -0.477 e. The predicted octanol–water partition coefficient (Wildman–Crippen LogP) is 0.705. The van der Waals surface area contributed by atoms with Gasteiger partial charge < -0.3 is 26.6 Å². The molecule has 1 saturated heterocycles. The fourth-order valence-corrected chi connectivity index (χ4v) is 5.11. The standard InChI is InChI=1S/C15H13Cl2N5O6S2/c16-9(17)6(5-3-30-14(18)20-5)10(23)21-7-11(24)22-8(13(25)26)4(1-28-15(19)27)2-29-12(7)22/h3,7,12H,1-2H2,(H2,18,20)(H2,19,27)(H,21,23)(H,25,26)/t7?,12-/m0/s1. The summed E-state index contributed by atoms with van der Waals surface area (Å²) in [6.45, 7) is -0.364. The highest BCUT2D eigenvalue weighted by Crippen LogP contribution is 2.40. The van der Waals surface area contributed by atoms with E-state index in [0.29, 0.717) is 0 Å². The summed E-state index contributed by atoms with van der Waals surface area (Å²) in [5.41, 5.74) is 10.4. The first kappa shape index (κ1) is 22.2. The Balaban J connectivity index is 1.79. The van der Waals surface area contributed by atoms with Crippen molar-refractivity contribution in [1.29, 1.82) is 0 Å². The van der Waals surface area contributed by atoms with Crippen LogP contribution < -0.4 is 16.8 Å². The average molecular weight is 494 g/mol. The van der Waals surface area contributed by atoms with Gasteiger partial charge in [0.25, 0.3) is 11.8 Å². The van der Waals surface area contributed by atoms with Crippen molar-refractivity contribution in [3.05, 3.63) is 26.8 Å². The lowest BCUT2D eigenvalue weighted by Crippen LogP contribution is -2.70. The molecule has 3 heterocycles. The van der Waals surface area contributed by atoms with E-state index in [1.165, 1.54) is 17.1 Å². The van der Waals surface area contributed by atoms with Crippen molar-refractivity contribution in [3.8, 4) is 0 Å². The van der Waals surface area contributed by atoms with Crippen LogP contribution >= 0.6 is 46.3 Å². The number of carbonyl (C=O) groups is 4. The zero-order valence-corrected chi connectivity index (χ0v) is 17.9. The number of nitrogens with two attached hydrogens (primary N) is 2. The Kier molecular flexibility index (Phi) is 6.45. The van der Waals surface area contributed by atoms with Crippen molar-refractivity contribution >= 4 is 80.9 Å². The third-order valence-electron chi connectivity index (χ3n) is 4.12. The maximum Gasteiger partial charge on any atom is 0.404 e. The van der Waals surface area contributed by atoms with Crippen molar-refractivity contribution in [3.63, 3.8) is 0 Å². The number of anilines is 1. The number of aromatic nitrogens is 1. The van der Waals surface area contributed by atoms with Crippen LogP contribution in [0.3, 0.4) is 0 Å². The van der Waals surface area contributed by atoms with Gasteiger partial charge in [-0.1, -0.05) is 23.2 Å². The van der Waals surface area contributed by atoms with E-state index in [4.69, 9.17) is 34.7 Å². The number of carbonyl (C=O) groups excluding carboxylic acids is 3. The molecule has 2 aliphatic heterocycles. The number of rotatable bonds is 6. The molecule has 0 bridgehead atoms. The van der Waals surface area contributed by atoms with Gasteiger partial charge in [0.2, 0.25) is 0 Å². The van der Waals surface area contributed by atoms with Gasteiger partial charge in [-0.2, -0.15) is 0 Å². The van der Waals surface area contributed by atoms with E-state index >= 15 is 0 Å². The lowest BCUT2D eigenvalue weighted by molar-refractivity contribution is -0.150. The molecule has 1 unspecified atom stereocenters. The van der Waals surface area contributed by atoms with E-state index in [2.05, 4.69) is 15.0 Å². The van der Waals surface area contributed by atoms with Crippen LogP contribution in [0.4, 0.5) is 9.93 Å². The molecule has 0 radical (unpaired) electrons. The van der Waals surface area contributed by atoms with Crippen LogP contribution in [0.2, 0.25) is 0 Å². The van der Waals surface area contributed by atoms with E-state index in [9.17, 15) is 24.3 Å². The molecule has 6 N–H and O–H groups in total. The lowest BCUT2D eigenvalue weighted by atomic mass is 10.0. The first-order valence-electron chi connectivity index (χ1n) is 8.01. The number of nitrogen functional groups attached to an aromatic ring is 1. The minimum absolute atomic E-state index is 0.145. The predicted molar refractivity (Wildman–Crippen MR) is 110 cm³/mol. The molecular formula is C15H13Cl2N5O6S2. The molecule has 3 rings (SSSR count). The van der Waals surface area contributed by atoms with Crippen LogP contribution in [-0.2, 0) is 19.1 Å². The number of thioether (sulfide) groups is 1. The smallest absolute Gasteiger partial charge is 0.404 e. The third-order valence-corrected chi connectivity index (χ3v) is 6.51. The van der Waals surface area contributed by atoms with Crippen molar-refractivity contribution in [2.24, 2.45) is 5.73 Å². The summed E-state index contributed by atoms with van der Waals surface area (Å²) in [4.78, 5) is 52.8. The topological polar surface area (TPSA) is 178 Å². The molecule has 0 spiro atoms. The molecule has 30 heavy (non-hydrogen) atoms. The number of amides is 3. The highest BCUT2D eigenvalue weighted by Gasteiger charge is 2.54. The minimum atomic E-state index is -1.37. The zero-order chi connectivity index (χ0) is 22.2. The number of primary amides is 1. The molecule has 0 aliphatic carbocycles. The molecule has 1 fully saturated rings. The van der Waals surface area contributed by atoms with Gasteiger partial charge in [0.1, 0.15) is 28.2 Å². The molecular weight excluding hydrogens is 481 g/mol. The Labute approximate surface area is 187 Å². The van der Waals surface area contributed by atoms with Gasteiger partial charge >= 0.3 is 12.1 Å². The number of hydrogen-bond donors (Lipinski definition) is 4. The van der Waals surface area contributed by atoms with E-state index in [0.717, 1.165) is 16.2 Å². The highest BCUT2D eigenvalue weighted by atomic mass is 35.5. The first-order valence-corrected chi connectivity index (χ1v) is 10.7. The Morgan fingerprint density at radius 2 is 2.10 bits per heavy atom. The molecule has 15 heteroatoms. The van der Waals surface area contributed by atoms with Gasteiger partial charge in [-0.3, -0.25) is 14.5 Å². The monoisotopic (exact) mass is 493 g/mol. The summed E-state index contributed by atoms with van der Waals surface area (Å²) < 4.78 is 4.28. The van der Waals surface area contributed by atoms with Gasteiger partial charge in [0, 0.05) is 16.7 Å². The van der Waals surface area contributed by atoms with E-state index in [1.807, 2.05) is 0 Å². The zero-order valence-electron chi connectivity index (χ0n) is 14.8. The molecule has 1 aromatic rings. The van der Waals surface area contributed by atoms with Gasteiger partial charge in [-0.15, -0.1) is 23.1 Å². The van der Waals surface area contributed by atoms with Crippen molar-refractivity contribution < 1.29 is 29.0 Å². The van der Waals surface area contributed by atoms with Crippen LogP contribution in [0.15, 0.2) is 21.1 Å². The largest absolute Gasteiger partial charge is 0.477 e. The average Bonchev–Trinajstić information content (AvgIpc) is 3.08. The van der Waals surface area contributed by atoms with Crippen LogP contribution in [0.5, 0.6) is 0 Å². The number of nitrogens with zero attached hydrogens (tertiary/aromatic N) is 2. The number of β-lactam (4-membered cyclic amide) rings is 1. The number of carboxylic acid groups (broad SMARTS) is 1. The number of halogens is 2. The normalized spacial score (nSPS) is 20.2. The molecule has 160 valence electrons. The maximum atomic E-state index is 12.7. The lowest BCUT2D eigenvalue weighted by Gasteiger charge is -2.49. The number of nitrogens with one attached hydrogen (secondary N) is 1. The summed E-state index contributed by atoms with van der Waals surface area (Å²) >= 11 is 13.9. The summed E-state index contributed by atoms with van der Waals surface area (Å²) in [6.07, 6.45) is -1.07. The second kappa shape index (κ2) is 8.71. The number of ether oxygens (including phenoxy) is 1. The van der Waals surface area contributed by atoms with Gasteiger partial charge in [-0.05, 0) is 0 Å². The number of carboxylic acids is 1. The number of aliphatic carboxylic acids is 1. The fraction of sp³-hybridized carbons (Fsp3) is 0.267. The summed E-state index contributed by atoms with van der Waals surface area (Å²) in [5, 5.41) is 13.0. The van der Waals surface area contributed by atoms with Gasteiger partial charge in [0.05, 0.1) is 11.3 Å². The number of hydrogen-bond acceptors (Lipinski definition) is 9. The summed E-state index contributed by atoms with van der Waals surface area (Å²) in [5.74, 6) is -2.64. The second-order valence-corrected chi connectivity index (χ2v) is 8.88. The first-order chi connectivity index (χ1) is 14.1. The molecule has 1 aromatic heterocycles. The Bertz CT molecular complexity index is 1010.